The Morgan fingerprint density at radius 3 is 2.54 bits per heavy atom. The van der Waals surface area contributed by atoms with E-state index in [1.165, 1.54) is 5.56 Å². The smallest absolute Gasteiger partial charge is 0.519 e. The number of fused-ring (bicyclic) bond motifs is 2. The topological polar surface area (TPSA) is 62.4 Å². The number of H-pyrrole nitrogens is 1. The first-order valence-electron chi connectivity index (χ1n) is 8.35. The number of hydrogen-bond acceptors (Lipinski definition) is 6. The Kier molecular flexibility index (Phi) is 3.56. The average molecular weight is 362 g/mol. The molecule has 2 N–H and O–H groups in total. The van der Waals surface area contributed by atoms with Crippen LogP contribution in [0.25, 0.3) is 0 Å². The number of benzene rings is 2. The van der Waals surface area contributed by atoms with Gasteiger partial charge in [0.05, 0.1) is 13.0 Å². The van der Waals surface area contributed by atoms with Crippen LogP contribution < -0.4 is 25.0 Å². The average Bonchev–Trinajstić information content (AvgIpc) is 3.28. The van der Waals surface area contributed by atoms with Crippen molar-refractivity contribution in [3.63, 3.8) is 0 Å². The van der Waals surface area contributed by atoms with Crippen LogP contribution in [-0.2, 0) is 6.54 Å². The molecule has 2 aliphatic rings. The molecule has 0 saturated heterocycles. The third-order valence-corrected chi connectivity index (χ3v) is 4.85. The molecule has 0 bridgehead atoms. The van der Waals surface area contributed by atoms with E-state index in [1.807, 2.05) is 36.4 Å². The van der Waals surface area contributed by atoms with Crippen molar-refractivity contribution < 1.29 is 9.31 Å². The fraction of sp³-hybridized carbons (Fsp3) is 0.111. The van der Waals surface area contributed by atoms with Gasteiger partial charge >= 0.3 is 7.12 Å². The van der Waals surface area contributed by atoms with Crippen LogP contribution in [0.5, 0.6) is 11.5 Å². The van der Waals surface area contributed by atoms with Crippen LogP contribution in [0.4, 0.5) is 11.5 Å². The SMILES string of the molecule is S=c1nc[nH]c2c1NCN2Cc1ccc(B2Oc3ccccc3O2)cc1. The number of hydrogen-bond donors (Lipinski definition) is 2. The van der Waals surface area contributed by atoms with Gasteiger partial charge in [-0.15, -0.1) is 0 Å². The molecule has 0 spiro atoms. The van der Waals surface area contributed by atoms with Crippen LogP contribution in [0.1, 0.15) is 5.56 Å². The van der Waals surface area contributed by atoms with Crippen LogP contribution in [-0.4, -0.2) is 23.8 Å². The minimum Gasteiger partial charge on any atom is -0.519 e. The Bertz CT molecular complexity index is 999. The molecule has 0 aliphatic carbocycles. The molecule has 0 saturated carbocycles. The van der Waals surface area contributed by atoms with Gasteiger partial charge in [0, 0.05) is 12.0 Å². The molecule has 0 atom stereocenters. The number of aromatic amines is 1. The Morgan fingerprint density at radius 1 is 1.08 bits per heavy atom. The normalized spacial score (nSPS) is 14.3. The van der Waals surface area contributed by atoms with Gasteiger partial charge in [-0.05, 0) is 17.7 Å². The highest BCUT2D eigenvalue weighted by Crippen LogP contribution is 2.32. The lowest BCUT2D eigenvalue weighted by molar-refractivity contribution is 0.519. The molecule has 6 nitrogen and oxygen atoms in total. The van der Waals surface area contributed by atoms with E-state index in [2.05, 4.69) is 32.3 Å². The van der Waals surface area contributed by atoms with E-state index < -0.39 is 7.12 Å². The van der Waals surface area contributed by atoms with Gasteiger partial charge in [0.1, 0.15) is 23.0 Å². The highest BCUT2D eigenvalue weighted by Gasteiger charge is 2.33. The molecule has 0 unspecified atom stereocenters. The van der Waals surface area contributed by atoms with Gasteiger partial charge in [-0.1, -0.05) is 48.6 Å². The Labute approximate surface area is 155 Å². The fourth-order valence-corrected chi connectivity index (χ4v) is 3.45. The van der Waals surface area contributed by atoms with Crippen molar-refractivity contribution in [3.05, 3.63) is 65.1 Å². The summed E-state index contributed by atoms with van der Waals surface area (Å²) in [5, 5.41) is 3.29. The highest BCUT2D eigenvalue weighted by molar-refractivity contribution is 7.71. The summed E-state index contributed by atoms with van der Waals surface area (Å²) in [6.45, 7) is 1.47. The van der Waals surface area contributed by atoms with E-state index in [9.17, 15) is 0 Å². The molecule has 3 aromatic rings. The molecular formula is C18H15BN4O2S. The molecule has 2 aromatic carbocycles. The van der Waals surface area contributed by atoms with Gasteiger partial charge < -0.3 is 24.5 Å². The molecule has 5 rings (SSSR count). The summed E-state index contributed by atoms with van der Waals surface area (Å²) in [7, 11) is -0.391. The molecule has 1 aromatic heterocycles. The third kappa shape index (κ3) is 2.59. The van der Waals surface area contributed by atoms with Crippen molar-refractivity contribution in [2.45, 2.75) is 6.54 Å². The first-order chi connectivity index (χ1) is 12.8. The summed E-state index contributed by atoms with van der Waals surface area (Å²) in [5.41, 5.74) is 3.08. The summed E-state index contributed by atoms with van der Waals surface area (Å²) >= 11 is 5.26. The van der Waals surface area contributed by atoms with Gasteiger partial charge in [-0.2, -0.15) is 0 Å². The van der Waals surface area contributed by atoms with E-state index >= 15 is 0 Å². The largest absolute Gasteiger partial charge is 0.632 e. The van der Waals surface area contributed by atoms with Crippen molar-refractivity contribution in [3.8, 4) is 11.5 Å². The summed E-state index contributed by atoms with van der Waals surface area (Å²) in [6, 6.07) is 16.0. The quantitative estimate of drug-likeness (QED) is 0.552. The molecule has 3 heterocycles. The monoisotopic (exact) mass is 362 g/mol. The van der Waals surface area contributed by atoms with Crippen molar-refractivity contribution in [2.24, 2.45) is 0 Å². The lowest BCUT2D eigenvalue weighted by Gasteiger charge is -2.17. The van der Waals surface area contributed by atoms with E-state index in [0.29, 0.717) is 11.3 Å². The van der Waals surface area contributed by atoms with E-state index in [1.54, 1.807) is 6.33 Å². The molecule has 0 amide bonds. The number of rotatable bonds is 3. The Hall–Kier alpha value is -3.00. The standard InChI is InChI=1S/C18H15BN4O2S/c26-18-16-17(20-10-21-18)23(11-22-16)9-12-5-7-13(8-6-12)19-24-14-3-1-2-4-15(14)25-19/h1-8,10,22H,9,11H2,(H,20,21,26). The zero-order chi connectivity index (χ0) is 17.5. The van der Waals surface area contributed by atoms with E-state index in [0.717, 1.165) is 35.0 Å². The van der Waals surface area contributed by atoms with Crippen LogP contribution in [0.15, 0.2) is 54.9 Å². The second kappa shape index (κ2) is 6.07. The molecule has 0 fully saturated rings. The van der Waals surface area contributed by atoms with Crippen LogP contribution in [0.3, 0.4) is 0 Å². The summed E-state index contributed by atoms with van der Waals surface area (Å²) in [4.78, 5) is 9.47. The summed E-state index contributed by atoms with van der Waals surface area (Å²) in [5.74, 6) is 2.54. The number of para-hydroxylation sites is 2. The van der Waals surface area contributed by atoms with E-state index in [4.69, 9.17) is 21.5 Å². The van der Waals surface area contributed by atoms with Crippen molar-refractivity contribution in [1.29, 1.82) is 0 Å². The van der Waals surface area contributed by atoms with Gasteiger partial charge in [-0.25, -0.2) is 4.98 Å². The molecule has 26 heavy (non-hydrogen) atoms. The minimum absolute atomic E-state index is 0.391. The predicted molar refractivity (Wildman–Crippen MR) is 104 cm³/mol. The second-order valence-corrected chi connectivity index (χ2v) is 6.61. The Balaban J connectivity index is 1.32. The fourth-order valence-electron chi connectivity index (χ4n) is 3.22. The van der Waals surface area contributed by atoms with Crippen molar-refractivity contribution >= 4 is 36.3 Å². The van der Waals surface area contributed by atoms with Crippen LogP contribution >= 0.6 is 12.2 Å². The predicted octanol–water partition coefficient (Wildman–Crippen LogP) is 2.70. The van der Waals surface area contributed by atoms with Gasteiger partial charge in [0.15, 0.2) is 4.64 Å². The van der Waals surface area contributed by atoms with Crippen LogP contribution in [0, 0.1) is 4.64 Å². The zero-order valence-electron chi connectivity index (χ0n) is 13.8. The summed E-state index contributed by atoms with van der Waals surface area (Å²) < 4.78 is 12.3. The first-order valence-corrected chi connectivity index (χ1v) is 8.76. The Morgan fingerprint density at radius 2 is 1.81 bits per heavy atom. The minimum atomic E-state index is -0.391. The lowest BCUT2D eigenvalue weighted by Crippen LogP contribution is -2.39. The number of anilines is 2. The summed E-state index contributed by atoms with van der Waals surface area (Å²) in [6.07, 6.45) is 1.64. The first kappa shape index (κ1) is 15.3. The lowest BCUT2D eigenvalue weighted by atomic mass is 9.79. The maximum Gasteiger partial charge on any atom is 0.632 e. The van der Waals surface area contributed by atoms with Crippen LogP contribution in [0.2, 0.25) is 0 Å². The number of nitrogens with zero attached hydrogens (tertiary/aromatic N) is 2. The highest BCUT2D eigenvalue weighted by atomic mass is 32.1. The van der Waals surface area contributed by atoms with Crippen molar-refractivity contribution in [2.75, 3.05) is 16.9 Å². The maximum atomic E-state index is 5.86. The second-order valence-electron chi connectivity index (χ2n) is 6.22. The van der Waals surface area contributed by atoms with E-state index in [-0.39, 0.29) is 0 Å². The van der Waals surface area contributed by atoms with Gasteiger partial charge in [0.25, 0.3) is 0 Å². The molecule has 128 valence electrons. The number of nitrogens with one attached hydrogen (secondary N) is 2. The zero-order valence-corrected chi connectivity index (χ0v) is 14.6. The maximum absolute atomic E-state index is 5.86. The molecular weight excluding hydrogens is 347 g/mol. The van der Waals surface area contributed by atoms with Gasteiger partial charge in [-0.3, -0.25) is 0 Å². The van der Waals surface area contributed by atoms with Crippen molar-refractivity contribution in [1.82, 2.24) is 9.97 Å². The molecule has 8 heteroatoms. The van der Waals surface area contributed by atoms with Gasteiger partial charge in [0.2, 0.25) is 0 Å². The molecule has 0 radical (unpaired) electrons. The third-order valence-electron chi connectivity index (χ3n) is 4.54. The number of aromatic nitrogens is 2. The molecule has 2 aliphatic heterocycles.